The largest absolute Gasteiger partial charge is 0.457 e. The summed E-state index contributed by atoms with van der Waals surface area (Å²) in [5, 5.41) is 2.92. The van der Waals surface area contributed by atoms with Crippen LogP contribution < -0.4 is 5.32 Å². The van der Waals surface area contributed by atoms with Crippen molar-refractivity contribution in [2.45, 2.75) is 0 Å². The molecule has 0 saturated heterocycles. The van der Waals surface area contributed by atoms with Gasteiger partial charge in [0.15, 0.2) is 12.4 Å². The van der Waals surface area contributed by atoms with E-state index < -0.39 is 18.5 Å². The van der Waals surface area contributed by atoms with E-state index in [1.165, 1.54) is 30.7 Å². The van der Waals surface area contributed by atoms with Gasteiger partial charge in [-0.1, -0.05) is 23.2 Å². The van der Waals surface area contributed by atoms with E-state index in [-0.39, 0.29) is 16.6 Å². The summed E-state index contributed by atoms with van der Waals surface area (Å²) in [6, 6.07) is 4.40. The number of hydrogen-bond donors (Lipinski definition) is 1. The molecule has 104 valence electrons. The Morgan fingerprint density at radius 2 is 2.20 bits per heavy atom. The molecule has 1 N–H and O–H groups in total. The van der Waals surface area contributed by atoms with Crippen LogP contribution in [0.1, 0.15) is 10.6 Å². The molecule has 6 nitrogen and oxygen atoms in total. The average molecular weight is 315 g/mol. The molecule has 0 unspecified atom stereocenters. The highest BCUT2D eigenvalue weighted by Gasteiger charge is 2.13. The first-order valence-corrected chi connectivity index (χ1v) is 6.13. The van der Waals surface area contributed by atoms with Crippen molar-refractivity contribution in [2.75, 3.05) is 11.9 Å². The minimum atomic E-state index is -0.736. The third-order valence-electron chi connectivity index (χ3n) is 2.12. The lowest BCUT2D eigenvalue weighted by atomic mass is 10.4. The highest BCUT2D eigenvalue weighted by Crippen LogP contribution is 2.22. The standard InChI is InChI=1S/C12H8Cl2N2O4/c13-7-4-8(14)11(15-5-7)16-10(17)6-20-12(18)9-2-1-3-19-9/h1-5H,6H2,(H,15,16,17). The Morgan fingerprint density at radius 3 is 2.85 bits per heavy atom. The fraction of sp³-hybridized carbons (Fsp3) is 0.0833. The summed E-state index contributed by atoms with van der Waals surface area (Å²) >= 11 is 11.5. The zero-order valence-electron chi connectivity index (χ0n) is 9.93. The van der Waals surface area contributed by atoms with Gasteiger partial charge in [-0.05, 0) is 18.2 Å². The van der Waals surface area contributed by atoms with Crippen LogP contribution in [-0.2, 0) is 9.53 Å². The van der Waals surface area contributed by atoms with Gasteiger partial charge in [0.05, 0.1) is 16.3 Å². The highest BCUT2D eigenvalue weighted by atomic mass is 35.5. The van der Waals surface area contributed by atoms with Gasteiger partial charge >= 0.3 is 5.97 Å². The molecule has 2 rings (SSSR count). The van der Waals surface area contributed by atoms with Crippen LogP contribution in [0.25, 0.3) is 0 Å². The maximum Gasteiger partial charge on any atom is 0.374 e. The summed E-state index contributed by atoms with van der Waals surface area (Å²) in [4.78, 5) is 26.8. The molecule has 0 saturated carbocycles. The molecular formula is C12H8Cl2N2O4. The Balaban J connectivity index is 1.88. The lowest BCUT2D eigenvalue weighted by Crippen LogP contribution is -2.21. The molecule has 0 atom stereocenters. The molecular weight excluding hydrogens is 307 g/mol. The lowest BCUT2D eigenvalue weighted by molar-refractivity contribution is -0.119. The second-order valence-electron chi connectivity index (χ2n) is 3.59. The second kappa shape index (κ2) is 6.40. The Labute approximate surface area is 123 Å². The Kier molecular flexibility index (Phi) is 4.60. The van der Waals surface area contributed by atoms with Crippen LogP contribution in [0.2, 0.25) is 10.0 Å². The first kappa shape index (κ1) is 14.4. The van der Waals surface area contributed by atoms with E-state index in [4.69, 9.17) is 32.4 Å². The average Bonchev–Trinajstić information content (AvgIpc) is 2.93. The van der Waals surface area contributed by atoms with Crippen molar-refractivity contribution in [3.63, 3.8) is 0 Å². The lowest BCUT2D eigenvalue weighted by Gasteiger charge is -2.06. The predicted molar refractivity (Wildman–Crippen MR) is 71.9 cm³/mol. The number of pyridine rings is 1. The normalized spacial score (nSPS) is 10.1. The third-order valence-corrected chi connectivity index (χ3v) is 2.62. The molecule has 8 heteroatoms. The molecule has 1 amide bonds. The van der Waals surface area contributed by atoms with Crippen molar-refractivity contribution in [3.05, 3.63) is 46.5 Å². The van der Waals surface area contributed by atoms with Gasteiger partial charge in [-0.3, -0.25) is 4.79 Å². The number of halogens is 2. The summed E-state index contributed by atoms with van der Waals surface area (Å²) in [5.74, 6) is -1.17. The van der Waals surface area contributed by atoms with E-state index >= 15 is 0 Å². The SMILES string of the molecule is O=C(COC(=O)c1ccco1)Nc1ncc(Cl)cc1Cl. The first-order valence-electron chi connectivity index (χ1n) is 5.38. The number of nitrogens with one attached hydrogen (secondary N) is 1. The summed E-state index contributed by atoms with van der Waals surface area (Å²) in [5.41, 5.74) is 0. The number of carbonyl (C=O) groups is 2. The molecule has 0 radical (unpaired) electrons. The van der Waals surface area contributed by atoms with Gasteiger partial charge in [0.25, 0.3) is 5.91 Å². The molecule has 0 aliphatic heterocycles. The first-order chi connectivity index (χ1) is 9.56. The Morgan fingerprint density at radius 1 is 1.40 bits per heavy atom. The van der Waals surface area contributed by atoms with Crippen LogP contribution in [0, 0.1) is 0 Å². The molecule has 0 spiro atoms. The number of aromatic nitrogens is 1. The fourth-order valence-electron chi connectivity index (χ4n) is 1.27. The van der Waals surface area contributed by atoms with Crippen molar-refractivity contribution in [2.24, 2.45) is 0 Å². The number of ether oxygens (including phenoxy) is 1. The van der Waals surface area contributed by atoms with E-state index in [1.807, 2.05) is 0 Å². The number of furan rings is 1. The molecule has 0 aliphatic rings. The van der Waals surface area contributed by atoms with Gasteiger partial charge in [0.1, 0.15) is 0 Å². The molecule has 2 heterocycles. The minimum absolute atomic E-state index is 0.0143. The predicted octanol–water partition coefficient (Wildman–Crippen LogP) is 2.78. The third kappa shape index (κ3) is 3.72. The molecule has 20 heavy (non-hydrogen) atoms. The van der Waals surface area contributed by atoms with E-state index in [9.17, 15) is 9.59 Å². The zero-order chi connectivity index (χ0) is 14.5. The Bertz CT molecular complexity index is 628. The summed E-state index contributed by atoms with van der Waals surface area (Å²) in [7, 11) is 0. The summed E-state index contributed by atoms with van der Waals surface area (Å²) in [6.07, 6.45) is 2.66. The summed E-state index contributed by atoms with van der Waals surface area (Å²) in [6.45, 7) is -0.486. The number of anilines is 1. The van der Waals surface area contributed by atoms with Gasteiger partial charge in [0.2, 0.25) is 5.76 Å². The summed E-state index contributed by atoms with van der Waals surface area (Å²) < 4.78 is 9.57. The van der Waals surface area contributed by atoms with Crippen LogP contribution in [0.4, 0.5) is 5.82 Å². The van der Waals surface area contributed by atoms with Crippen molar-refractivity contribution in [1.29, 1.82) is 0 Å². The number of hydrogen-bond acceptors (Lipinski definition) is 5. The number of rotatable bonds is 4. The quantitative estimate of drug-likeness (QED) is 0.877. The monoisotopic (exact) mass is 314 g/mol. The van der Waals surface area contributed by atoms with Gasteiger partial charge in [-0.2, -0.15) is 0 Å². The zero-order valence-corrected chi connectivity index (χ0v) is 11.4. The van der Waals surface area contributed by atoms with Crippen LogP contribution in [0.3, 0.4) is 0 Å². The fourth-order valence-corrected chi connectivity index (χ4v) is 1.70. The number of nitrogens with zero attached hydrogens (tertiary/aromatic N) is 1. The van der Waals surface area contributed by atoms with Gasteiger partial charge in [-0.15, -0.1) is 0 Å². The Hall–Kier alpha value is -2.05. The molecule has 0 aliphatic carbocycles. The van der Waals surface area contributed by atoms with Gasteiger partial charge < -0.3 is 14.5 Å². The van der Waals surface area contributed by atoms with Crippen molar-refractivity contribution in [1.82, 2.24) is 4.98 Å². The second-order valence-corrected chi connectivity index (χ2v) is 4.43. The van der Waals surface area contributed by atoms with Gasteiger partial charge in [-0.25, -0.2) is 9.78 Å². The van der Waals surface area contributed by atoms with E-state index in [2.05, 4.69) is 10.3 Å². The smallest absolute Gasteiger partial charge is 0.374 e. The molecule has 2 aromatic rings. The van der Waals surface area contributed by atoms with E-state index in [0.717, 1.165) is 0 Å². The van der Waals surface area contributed by atoms with Crippen LogP contribution in [-0.4, -0.2) is 23.5 Å². The van der Waals surface area contributed by atoms with Crippen LogP contribution in [0.5, 0.6) is 0 Å². The number of carbonyl (C=O) groups excluding carboxylic acids is 2. The van der Waals surface area contributed by atoms with Crippen molar-refractivity contribution >= 4 is 40.9 Å². The van der Waals surface area contributed by atoms with Crippen LogP contribution in [0.15, 0.2) is 35.1 Å². The van der Waals surface area contributed by atoms with Crippen molar-refractivity contribution in [3.8, 4) is 0 Å². The van der Waals surface area contributed by atoms with Gasteiger partial charge in [0, 0.05) is 6.20 Å². The van der Waals surface area contributed by atoms with Crippen molar-refractivity contribution < 1.29 is 18.7 Å². The molecule has 2 aromatic heterocycles. The van der Waals surface area contributed by atoms with E-state index in [1.54, 1.807) is 0 Å². The molecule has 0 aromatic carbocycles. The minimum Gasteiger partial charge on any atom is -0.457 e. The number of amides is 1. The van der Waals surface area contributed by atoms with Crippen LogP contribution >= 0.6 is 23.2 Å². The molecule has 0 bridgehead atoms. The maximum absolute atomic E-state index is 11.6. The topological polar surface area (TPSA) is 81.4 Å². The highest BCUT2D eigenvalue weighted by molar-refractivity contribution is 6.36. The maximum atomic E-state index is 11.6. The molecule has 0 fully saturated rings. The number of esters is 1. The van der Waals surface area contributed by atoms with E-state index in [0.29, 0.717) is 5.02 Å².